The van der Waals surface area contributed by atoms with E-state index in [-0.39, 0.29) is 11.9 Å². The van der Waals surface area contributed by atoms with Gasteiger partial charge in [0.1, 0.15) is 0 Å². The fourth-order valence-corrected chi connectivity index (χ4v) is 3.41. The molecule has 2 unspecified atom stereocenters. The van der Waals surface area contributed by atoms with E-state index in [0.717, 1.165) is 30.3 Å². The molecular formula is C19H24N2O. The van der Waals surface area contributed by atoms with Crippen LogP contribution >= 0.6 is 0 Å². The molecule has 0 bridgehead atoms. The Morgan fingerprint density at radius 1 is 1.18 bits per heavy atom. The summed E-state index contributed by atoms with van der Waals surface area (Å²) in [5.41, 5.74) is 1.02. The van der Waals surface area contributed by atoms with Gasteiger partial charge in [-0.3, -0.25) is 4.79 Å². The van der Waals surface area contributed by atoms with Crippen molar-refractivity contribution in [1.29, 1.82) is 0 Å². The first-order valence-corrected chi connectivity index (χ1v) is 8.26. The van der Waals surface area contributed by atoms with Crippen molar-refractivity contribution >= 4 is 22.4 Å². The van der Waals surface area contributed by atoms with E-state index >= 15 is 0 Å². The summed E-state index contributed by atoms with van der Waals surface area (Å²) in [4.78, 5) is 14.9. The van der Waals surface area contributed by atoms with Gasteiger partial charge in [-0.15, -0.1) is 0 Å². The number of hydrogen-bond acceptors (Lipinski definition) is 2. The van der Waals surface area contributed by atoms with E-state index in [2.05, 4.69) is 36.5 Å². The van der Waals surface area contributed by atoms with E-state index in [1.165, 1.54) is 5.39 Å². The molecule has 0 saturated carbocycles. The Bertz CT molecular complexity index is 662. The number of benzene rings is 2. The second-order valence-electron chi connectivity index (χ2n) is 6.13. The Kier molecular flexibility index (Phi) is 4.44. The van der Waals surface area contributed by atoms with Crippen molar-refractivity contribution in [3.8, 4) is 0 Å². The molecule has 1 amide bonds. The van der Waals surface area contributed by atoms with Crippen molar-refractivity contribution in [3.05, 3.63) is 42.5 Å². The molecular weight excluding hydrogens is 272 g/mol. The summed E-state index contributed by atoms with van der Waals surface area (Å²) in [5, 5.41) is 5.78. The van der Waals surface area contributed by atoms with Crippen LogP contribution in [0.4, 0.5) is 5.69 Å². The van der Waals surface area contributed by atoms with Gasteiger partial charge in [0.2, 0.25) is 5.91 Å². The third-order valence-corrected chi connectivity index (χ3v) is 4.55. The maximum Gasteiger partial charge on any atom is 0.244 e. The van der Waals surface area contributed by atoms with Crippen LogP contribution in [-0.2, 0) is 4.79 Å². The Morgan fingerprint density at radius 2 is 1.95 bits per heavy atom. The van der Waals surface area contributed by atoms with Gasteiger partial charge in [0, 0.05) is 18.0 Å². The van der Waals surface area contributed by atoms with Gasteiger partial charge in [-0.1, -0.05) is 36.4 Å². The van der Waals surface area contributed by atoms with Crippen molar-refractivity contribution in [3.63, 3.8) is 0 Å². The van der Waals surface area contributed by atoms with Gasteiger partial charge in [-0.05, 0) is 44.6 Å². The van der Waals surface area contributed by atoms with Crippen LogP contribution < -0.4 is 10.2 Å². The zero-order valence-electron chi connectivity index (χ0n) is 13.4. The highest BCUT2D eigenvalue weighted by atomic mass is 16.2. The number of likely N-dealkylation sites (N-methyl/N-ethyl adjacent to an activating group) is 1. The fourth-order valence-electron chi connectivity index (χ4n) is 3.41. The lowest BCUT2D eigenvalue weighted by atomic mass is 9.98. The van der Waals surface area contributed by atoms with Crippen LogP contribution in [0.1, 0.15) is 33.1 Å². The summed E-state index contributed by atoms with van der Waals surface area (Å²) in [6.45, 7) is 4.90. The highest BCUT2D eigenvalue weighted by Gasteiger charge is 2.28. The molecule has 1 aliphatic rings. The molecule has 116 valence electrons. The van der Waals surface area contributed by atoms with E-state index in [0.29, 0.717) is 12.6 Å². The largest absolute Gasteiger partial charge is 0.311 e. The van der Waals surface area contributed by atoms with E-state index in [4.69, 9.17) is 0 Å². The molecule has 1 aliphatic heterocycles. The van der Waals surface area contributed by atoms with Crippen molar-refractivity contribution in [1.82, 2.24) is 5.32 Å². The highest BCUT2D eigenvalue weighted by molar-refractivity contribution is 6.05. The Morgan fingerprint density at radius 3 is 2.73 bits per heavy atom. The topological polar surface area (TPSA) is 32.3 Å². The quantitative estimate of drug-likeness (QED) is 0.936. The van der Waals surface area contributed by atoms with Crippen LogP contribution in [0.2, 0.25) is 0 Å². The van der Waals surface area contributed by atoms with Gasteiger partial charge in [0.25, 0.3) is 0 Å². The minimum absolute atomic E-state index is 0.0531. The molecule has 1 fully saturated rings. The van der Waals surface area contributed by atoms with Gasteiger partial charge in [0.05, 0.1) is 11.7 Å². The van der Waals surface area contributed by atoms with Crippen molar-refractivity contribution in [2.24, 2.45) is 0 Å². The number of piperidine rings is 1. The molecule has 2 aromatic carbocycles. The molecule has 0 aliphatic carbocycles. The molecule has 2 aromatic rings. The van der Waals surface area contributed by atoms with Crippen LogP contribution in [0.3, 0.4) is 0 Å². The monoisotopic (exact) mass is 296 g/mol. The number of rotatable bonds is 3. The number of hydrogen-bond donors (Lipinski definition) is 1. The Balaban J connectivity index is 1.94. The molecule has 0 spiro atoms. The predicted octanol–water partition coefficient (Wildman–Crippen LogP) is 3.72. The van der Waals surface area contributed by atoms with Crippen LogP contribution in [0.5, 0.6) is 0 Å². The number of carbonyl (C=O) groups is 1. The Labute approximate surface area is 132 Å². The molecule has 0 aromatic heterocycles. The molecule has 22 heavy (non-hydrogen) atoms. The first kappa shape index (κ1) is 15.0. The van der Waals surface area contributed by atoms with Gasteiger partial charge < -0.3 is 10.2 Å². The third-order valence-electron chi connectivity index (χ3n) is 4.55. The zero-order chi connectivity index (χ0) is 15.5. The van der Waals surface area contributed by atoms with Crippen molar-refractivity contribution < 1.29 is 4.79 Å². The maximum atomic E-state index is 13.0. The van der Waals surface area contributed by atoms with Crippen LogP contribution in [-0.4, -0.2) is 24.5 Å². The van der Waals surface area contributed by atoms with Crippen LogP contribution in [0.25, 0.3) is 10.8 Å². The second-order valence-corrected chi connectivity index (χ2v) is 6.13. The minimum Gasteiger partial charge on any atom is -0.311 e. The zero-order valence-corrected chi connectivity index (χ0v) is 13.4. The van der Waals surface area contributed by atoms with E-state index < -0.39 is 0 Å². The maximum absolute atomic E-state index is 13.0. The van der Waals surface area contributed by atoms with Gasteiger partial charge in [0.15, 0.2) is 0 Å². The molecule has 1 saturated heterocycles. The third kappa shape index (κ3) is 2.86. The summed E-state index contributed by atoms with van der Waals surface area (Å²) in [6.07, 6.45) is 3.21. The van der Waals surface area contributed by atoms with E-state index in [1.54, 1.807) is 0 Å². The minimum atomic E-state index is -0.0531. The summed E-state index contributed by atoms with van der Waals surface area (Å²) < 4.78 is 0. The second kappa shape index (κ2) is 6.49. The van der Waals surface area contributed by atoms with Crippen LogP contribution in [0, 0.1) is 0 Å². The number of carbonyl (C=O) groups excluding carboxylic acids is 1. The molecule has 3 nitrogen and oxygen atoms in total. The lowest BCUT2D eigenvalue weighted by Crippen LogP contribution is -2.51. The molecule has 3 rings (SSSR count). The number of nitrogens with one attached hydrogen (secondary N) is 1. The van der Waals surface area contributed by atoms with Crippen molar-refractivity contribution in [2.75, 3.05) is 11.4 Å². The number of fused-ring (bicyclic) bond motifs is 1. The molecule has 0 radical (unpaired) electrons. The molecule has 2 atom stereocenters. The van der Waals surface area contributed by atoms with Gasteiger partial charge >= 0.3 is 0 Å². The molecule has 3 heteroatoms. The number of nitrogens with zero attached hydrogens (tertiary/aromatic N) is 1. The predicted molar refractivity (Wildman–Crippen MR) is 92.2 cm³/mol. The molecule has 1 heterocycles. The normalized spacial score (nSPS) is 21.7. The van der Waals surface area contributed by atoms with E-state index in [9.17, 15) is 4.79 Å². The summed E-state index contributed by atoms with van der Waals surface area (Å²) in [7, 11) is 0. The average molecular weight is 296 g/mol. The van der Waals surface area contributed by atoms with Gasteiger partial charge in [-0.2, -0.15) is 0 Å². The summed E-state index contributed by atoms with van der Waals surface area (Å²) >= 11 is 0. The average Bonchev–Trinajstić information content (AvgIpc) is 2.55. The smallest absolute Gasteiger partial charge is 0.244 e. The lowest BCUT2D eigenvalue weighted by Gasteiger charge is -2.32. The Hall–Kier alpha value is -1.87. The number of amides is 1. The van der Waals surface area contributed by atoms with Crippen molar-refractivity contribution in [2.45, 2.75) is 45.2 Å². The first-order valence-electron chi connectivity index (χ1n) is 8.26. The highest BCUT2D eigenvalue weighted by Crippen LogP contribution is 2.28. The fraction of sp³-hybridized carbons (Fsp3) is 0.421. The van der Waals surface area contributed by atoms with Crippen LogP contribution in [0.15, 0.2) is 42.5 Å². The number of anilines is 1. The first-order chi connectivity index (χ1) is 10.7. The summed E-state index contributed by atoms with van der Waals surface area (Å²) in [5.74, 6) is 0.199. The summed E-state index contributed by atoms with van der Waals surface area (Å²) in [6, 6.07) is 14.8. The van der Waals surface area contributed by atoms with Gasteiger partial charge in [-0.25, -0.2) is 0 Å². The SMILES string of the molecule is CCN(C(=O)C1CCCC(C)N1)c1cccc2ccccc12. The standard InChI is InChI=1S/C19H24N2O/c1-3-21(19(22)17-12-6-8-14(2)20-17)18-13-7-10-15-9-4-5-11-16(15)18/h4-5,7,9-11,13-14,17,20H,3,6,8,12H2,1-2H3. The lowest BCUT2D eigenvalue weighted by molar-refractivity contribution is -0.121. The molecule has 1 N–H and O–H groups in total. The van der Waals surface area contributed by atoms with E-state index in [1.807, 2.05) is 30.0 Å².